The smallest absolute Gasteiger partial charge is 0.226 e. The summed E-state index contributed by atoms with van der Waals surface area (Å²) in [5.74, 6) is -0.184. The molecule has 1 amide bonds. The van der Waals surface area contributed by atoms with Crippen molar-refractivity contribution in [3.05, 3.63) is 73.4 Å². The van der Waals surface area contributed by atoms with E-state index in [1.165, 1.54) is 0 Å². The molecule has 0 radical (unpaired) electrons. The first kappa shape index (κ1) is 21.6. The van der Waals surface area contributed by atoms with Crippen LogP contribution < -0.4 is 5.32 Å². The summed E-state index contributed by atoms with van der Waals surface area (Å²) in [5, 5.41) is 11.5. The van der Waals surface area contributed by atoms with Gasteiger partial charge in [-0.15, -0.1) is 0 Å². The maximum absolute atomic E-state index is 12.1. The predicted octanol–water partition coefficient (Wildman–Crippen LogP) is 5.22. The van der Waals surface area contributed by atoms with Crippen LogP contribution in [0.4, 0.5) is 5.69 Å². The minimum Gasteiger partial charge on any atom is -0.353 e. The van der Waals surface area contributed by atoms with E-state index >= 15 is 0 Å². The fourth-order valence-electron chi connectivity index (χ4n) is 4.10. The number of rotatable bonds is 5. The fraction of sp³-hybridized carbons (Fsp3) is 0.111. The maximum atomic E-state index is 12.1. The third-order valence-electron chi connectivity index (χ3n) is 5.99. The highest BCUT2D eigenvalue weighted by Gasteiger charge is 2.16. The fourth-order valence-corrected chi connectivity index (χ4v) is 4.10. The van der Waals surface area contributed by atoms with Crippen molar-refractivity contribution in [2.75, 3.05) is 5.32 Å². The topological polar surface area (TPSA) is 125 Å². The van der Waals surface area contributed by atoms with Gasteiger partial charge in [-0.3, -0.25) is 24.8 Å². The number of anilines is 1. The third-order valence-corrected chi connectivity index (χ3v) is 5.99. The van der Waals surface area contributed by atoms with Gasteiger partial charge in [0.15, 0.2) is 0 Å². The molecule has 0 atom stereocenters. The quantitative estimate of drug-likeness (QED) is 0.315. The Hall–Kier alpha value is -4.92. The zero-order valence-corrected chi connectivity index (χ0v) is 19.6. The van der Waals surface area contributed by atoms with Crippen molar-refractivity contribution in [3.63, 3.8) is 0 Å². The van der Waals surface area contributed by atoms with Crippen molar-refractivity contribution in [3.8, 4) is 33.9 Å². The molecule has 0 aliphatic heterocycles. The lowest BCUT2D eigenvalue weighted by molar-refractivity contribution is -0.118. The molecule has 3 N–H and O–H groups in total. The monoisotopic (exact) mass is 474 g/mol. The number of carbonyl (C=O) groups is 1. The van der Waals surface area contributed by atoms with E-state index in [-0.39, 0.29) is 11.8 Å². The first-order chi connectivity index (χ1) is 17.6. The molecule has 0 unspecified atom stereocenters. The SMILES string of the molecule is CC(C)C(=O)Nc1cncc(-c2ccc3[nH]nc(-c4cc5c(-c6ccncc6)nccc5[nH]4)c3n2)c1. The molecular weight excluding hydrogens is 452 g/mol. The number of nitrogens with one attached hydrogen (secondary N) is 3. The van der Waals surface area contributed by atoms with Gasteiger partial charge < -0.3 is 10.3 Å². The summed E-state index contributed by atoms with van der Waals surface area (Å²) < 4.78 is 0. The molecule has 0 aromatic carbocycles. The minimum absolute atomic E-state index is 0.0612. The zero-order valence-electron chi connectivity index (χ0n) is 19.6. The van der Waals surface area contributed by atoms with Crippen molar-refractivity contribution >= 4 is 33.5 Å². The van der Waals surface area contributed by atoms with Gasteiger partial charge in [-0.25, -0.2) is 4.98 Å². The van der Waals surface area contributed by atoms with Crippen LogP contribution in [-0.2, 0) is 4.79 Å². The Labute approximate surface area is 206 Å². The maximum Gasteiger partial charge on any atom is 0.226 e. The molecule has 6 aromatic heterocycles. The molecule has 0 saturated heterocycles. The molecular formula is C27H22N8O. The molecule has 0 spiro atoms. The number of pyridine rings is 4. The molecule has 9 heteroatoms. The number of carbonyl (C=O) groups excluding carboxylic acids is 1. The van der Waals surface area contributed by atoms with Crippen molar-refractivity contribution < 1.29 is 4.79 Å². The van der Waals surface area contributed by atoms with Gasteiger partial charge in [0.05, 0.1) is 34.5 Å². The van der Waals surface area contributed by atoms with E-state index in [1.54, 1.807) is 31.0 Å². The average Bonchev–Trinajstić information content (AvgIpc) is 3.53. The highest BCUT2D eigenvalue weighted by atomic mass is 16.1. The molecule has 0 fully saturated rings. The van der Waals surface area contributed by atoms with Gasteiger partial charge in [-0.1, -0.05) is 13.8 Å². The largest absolute Gasteiger partial charge is 0.353 e. The molecule has 0 bridgehead atoms. The predicted molar refractivity (Wildman–Crippen MR) is 139 cm³/mol. The van der Waals surface area contributed by atoms with Crippen molar-refractivity contribution in [2.45, 2.75) is 13.8 Å². The number of aromatic nitrogens is 7. The number of aromatic amines is 2. The summed E-state index contributed by atoms with van der Waals surface area (Å²) in [7, 11) is 0. The molecule has 176 valence electrons. The standard InChI is InChI=1S/C27H22N8O/c1-15(2)27(36)31-18-11-17(13-29-14-18)20-3-4-22-25(33-20)26(35-34-22)23-12-19-21(32-23)7-10-30-24(19)16-5-8-28-9-6-16/h3-15,32H,1-2H3,(H,31,36)(H,34,35). The van der Waals surface area contributed by atoms with Crippen LogP contribution in [0.1, 0.15) is 13.8 Å². The van der Waals surface area contributed by atoms with Crippen molar-refractivity contribution in [1.29, 1.82) is 0 Å². The van der Waals surface area contributed by atoms with Gasteiger partial charge in [-0.2, -0.15) is 5.10 Å². The van der Waals surface area contributed by atoms with E-state index in [4.69, 9.17) is 4.98 Å². The summed E-state index contributed by atoms with van der Waals surface area (Å²) in [4.78, 5) is 33.5. The summed E-state index contributed by atoms with van der Waals surface area (Å²) >= 11 is 0. The second-order valence-corrected chi connectivity index (χ2v) is 8.81. The lowest BCUT2D eigenvalue weighted by Gasteiger charge is -2.08. The Morgan fingerprint density at radius 3 is 2.58 bits per heavy atom. The summed E-state index contributed by atoms with van der Waals surface area (Å²) in [6.45, 7) is 3.70. The molecule has 0 aliphatic rings. The van der Waals surface area contributed by atoms with E-state index in [1.807, 2.05) is 56.3 Å². The Morgan fingerprint density at radius 2 is 1.75 bits per heavy atom. The van der Waals surface area contributed by atoms with Crippen LogP contribution in [-0.4, -0.2) is 41.0 Å². The second kappa shape index (κ2) is 8.70. The molecule has 6 aromatic rings. The Kier molecular flexibility index (Phi) is 5.22. The van der Waals surface area contributed by atoms with E-state index in [0.29, 0.717) is 11.4 Å². The van der Waals surface area contributed by atoms with Crippen LogP contribution in [0, 0.1) is 5.92 Å². The van der Waals surface area contributed by atoms with Gasteiger partial charge in [0.1, 0.15) is 11.2 Å². The minimum atomic E-state index is -0.123. The summed E-state index contributed by atoms with van der Waals surface area (Å²) in [6, 6.07) is 13.6. The van der Waals surface area contributed by atoms with Crippen LogP contribution in [0.5, 0.6) is 0 Å². The molecule has 9 nitrogen and oxygen atoms in total. The first-order valence-corrected chi connectivity index (χ1v) is 11.6. The Bertz CT molecular complexity index is 1720. The normalized spacial score (nSPS) is 11.4. The number of hydrogen-bond acceptors (Lipinski definition) is 6. The molecule has 36 heavy (non-hydrogen) atoms. The van der Waals surface area contributed by atoms with Crippen LogP contribution in [0.2, 0.25) is 0 Å². The lowest BCUT2D eigenvalue weighted by atomic mass is 10.1. The molecule has 0 saturated carbocycles. The van der Waals surface area contributed by atoms with E-state index in [0.717, 1.165) is 50.1 Å². The number of nitrogens with zero attached hydrogens (tertiary/aromatic N) is 5. The Balaban J connectivity index is 1.41. The highest BCUT2D eigenvalue weighted by molar-refractivity contribution is 5.99. The first-order valence-electron chi connectivity index (χ1n) is 11.6. The van der Waals surface area contributed by atoms with Gasteiger partial charge in [0, 0.05) is 52.7 Å². The van der Waals surface area contributed by atoms with Gasteiger partial charge in [-0.05, 0) is 42.5 Å². The Morgan fingerprint density at radius 1 is 0.889 bits per heavy atom. The van der Waals surface area contributed by atoms with Crippen LogP contribution in [0.3, 0.4) is 0 Å². The molecule has 6 rings (SSSR count). The van der Waals surface area contributed by atoms with Gasteiger partial charge in [0.2, 0.25) is 5.91 Å². The van der Waals surface area contributed by atoms with Gasteiger partial charge in [0.25, 0.3) is 0 Å². The van der Waals surface area contributed by atoms with E-state index in [2.05, 4.69) is 35.5 Å². The zero-order chi connectivity index (χ0) is 24.6. The van der Waals surface area contributed by atoms with Gasteiger partial charge >= 0.3 is 0 Å². The number of hydrogen-bond donors (Lipinski definition) is 3. The molecule has 6 heterocycles. The summed E-state index contributed by atoms with van der Waals surface area (Å²) in [5.41, 5.74) is 8.07. The number of amides is 1. The summed E-state index contributed by atoms with van der Waals surface area (Å²) in [6.07, 6.45) is 8.66. The van der Waals surface area contributed by atoms with Crippen molar-refractivity contribution in [2.24, 2.45) is 5.92 Å². The second-order valence-electron chi connectivity index (χ2n) is 8.81. The average molecular weight is 475 g/mol. The van der Waals surface area contributed by atoms with Crippen molar-refractivity contribution in [1.82, 2.24) is 35.1 Å². The van der Waals surface area contributed by atoms with E-state index in [9.17, 15) is 4.79 Å². The third kappa shape index (κ3) is 3.86. The lowest BCUT2D eigenvalue weighted by Crippen LogP contribution is -2.17. The van der Waals surface area contributed by atoms with Crippen LogP contribution in [0.25, 0.3) is 55.8 Å². The highest BCUT2D eigenvalue weighted by Crippen LogP contribution is 2.33. The van der Waals surface area contributed by atoms with Crippen LogP contribution >= 0.6 is 0 Å². The van der Waals surface area contributed by atoms with E-state index < -0.39 is 0 Å². The number of H-pyrrole nitrogens is 2. The van der Waals surface area contributed by atoms with Crippen LogP contribution in [0.15, 0.2) is 73.4 Å². The number of fused-ring (bicyclic) bond motifs is 2. The molecule has 0 aliphatic carbocycles.